The SMILES string of the molecule is CCCN(CCC)CCOc1cc(NC(=O)/C=C/c2ccc(Cl)c(C(F)(F)F)c2)ccc1OC. The molecule has 0 atom stereocenters. The van der Waals surface area contributed by atoms with Crippen molar-refractivity contribution in [3.05, 3.63) is 58.6 Å². The molecule has 0 heterocycles. The van der Waals surface area contributed by atoms with Crippen LogP contribution in [-0.2, 0) is 11.0 Å². The monoisotopic (exact) mass is 498 g/mol. The van der Waals surface area contributed by atoms with Gasteiger partial charge in [0.1, 0.15) is 6.61 Å². The third-order valence-corrected chi connectivity index (χ3v) is 5.23. The Morgan fingerprint density at radius 2 is 1.76 bits per heavy atom. The van der Waals surface area contributed by atoms with Crippen LogP contribution in [0.4, 0.5) is 18.9 Å². The van der Waals surface area contributed by atoms with Gasteiger partial charge in [-0.1, -0.05) is 31.5 Å². The van der Waals surface area contributed by atoms with E-state index in [0.717, 1.165) is 50.7 Å². The van der Waals surface area contributed by atoms with Crippen LogP contribution in [0.3, 0.4) is 0 Å². The Morgan fingerprint density at radius 3 is 2.38 bits per heavy atom. The third kappa shape index (κ3) is 8.57. The largest absolute Gasteiger partial charge is 0.493 e. The number of hydrogen-bond acceptors (Lipinski definition) is 4. The molecule has 0 aliphatic rings. The predicted molar refractivity (Wildman–Crippen MR) is 130 cm³/mol. The maximum atomic E-state index is 13.0. The summed E-state index contributed by atoms with van der Waals surface area (Å²) in [5, 5.41) is 2.28. The highest BCUT2D eigenvalue weighted by atomic mass is 35.5. The quantitative estimate of drug-likeness (QED) is 0.338. The second-order valence-corrected chi connectivity index (χ2v) is 8.02. The summed E-state index contributed by atoms with van der Waals surface area (Å²) in [4.78, 5) is 14.6. The first-order chi connectivity index (χ1) is 16.2. The van der Waals surface area contributed by atoms with Crippen LogP contribution in [0.15, 0.2) is 42.5 Å². The second kappa shape index (κ2) is 13.2. The molecule has 0 bridgehead atoms. The van der Waals surface area contributed by atoms with Gasteiger partial charge in [-0.15, -0.1) is 0 Å². The number of amides is 1. The van der Waals surface area contributed by atoms with E-state index in [2.05, 4.69) is 24.1 Å². The van der Waals surface area contributed by atoms with E-state index in [9.17, 15) is 18.0 Å². The molecule has 0 aromatic heterocycles. The van der Waals surface area contributed by atoms with Gasteiger partial charge < -0.3 is 14.8 Å². The third-order valence-electron chi connectivity index (χ3n) is 4.90. The average Bonchev–Trinajstić information content (AvgIpc) is 2.78. The molecular formula is C25H30ClF3N2O3. The zero-order chi connectivity index (χ0) is 25.1. The van der Waals surface area contributed by atoms with Crippen molar-refractivity contribution >= 4 is 29.3 Å². The Bertz CT molecular complexity index is 974. The van der Waals surface area contributed by atoms with Crippen molar-refractivity contribution in [3.8, 4) is 11.5 Å². The van der Waals surface area contributed by atoms with E-state index in [-0.39, 0.29) is 5.56 Å². The summed E-state index contributed by atoms with van der Waals surface area (Å²) in [5.41, 5.74) is -0.282. The number of ether oxygens (including phenoxy) is 2. The maximum absolute atomic E-state index is 13.0. The van der Waals surface area contributed by atoms with Gasteiger partial charge in [-0.05, 0) is 61.8 Å². The number of hydrogen-bond donors (Lipinski definition) is 1. The summed E-state index contributed by atoms with van der Waals surface area (Å²) in [6, 6.07) is 8.43. The number of nitrogens with zero attached hydrogens (tertiary/aromatic N) is 1. The summed E-state index contributed by atoms with van der Waals surface area (Å²) in [6.45, 7) is 7.49. The Morgan fingerprint density at radius 1 is 1.06 bits per heavy atom. The Kier molecular flexibility index (Phi) is 10.7. The van der Waals surface area contributed by atoms with E-state index in [1.54, 1.807) is 18.2 Å². The molecule has 1 N–H and O–H groups in total. The first-order valence-electron chi connectivity index (χ1n) is 11.1. The zero-order valence-electron chi connectivity index (χ0n) is 19.5. The topological polar surface area (TPSA) is 50.8 Å². The highest BCUT2D eigenvalue weighted by Crippen LogP contribution is 2.35. The van der Waals surface area contributed by atoms with E-state index in [1.807, 2.05) is 0 Å². The van der Waals surface area contributed by atoms with Crippen LogP contribution < -0.4 is 14.8 Å². The number of anilines is 1. The normalized spacial score (nSPS) is 11.8. The summed E-state index contributed by atoms with van der Waals surface area (Å²) in [5.74, 6) is 0.522. The van der Waals surface area contributed by atoms with Gasteiger partial charge in [0.05, 0.1) is 17.7 Å². The molecule has 0 saturated carbocycles. The average molecular weight is 499 g/mol. The van der Waals surface area contributed by atoms with Crippen LogP contribution in [-0.4, -0.2) is 44.2 Å². The highest BCUT2D eigenvalue weighted by molar-refractivity contribution is 6.31. The van der Waals surface area contributed by atoms with Gasteiger partial charge in [0.2, 0.25) is 5.91 Å². The number of methoxy groups -OCH3 is 1. The minimum absolute atomic E-state index is 0.203. The predicted octanol–water partition coefficient (Wildman–Crippen LogP) is 6.52. The standard InChI is InChI=1S/C25H30ClF3N2O3/c1-4-12-31(13-5-2)14-15-34-23-17-19(8-10-22(23)33-3)30-24(32)11-7-18-6-9-21(26)20(16-18)25(27,28)29/h6-11,16-17H,4-5,12-15H2,1-3H3,(H,30,32)/b11-7+. The summed E-state index contributed by atoms with van der Waals surface area (Å²) in [6.07, 6.45) is -0.00992. The molecule has 0 spiro atoms. The van der Waals surface area contributed by atoms with Crippen molar-refractivity contribution in [3.63, 3.8) is 0 Å². The van der Waals surface area contributed by atoms with Crippen molar-refractivity contribution in [2.45, 2.75) is 32.9 Å². The molecule has 2 rings (SSSR count). The molecule has 5 nitrogen and oxygen atoms in total. The van der Waals surface area contributed by atoms with Crippen molar-refractivity contribution < 1.29 is 27.4 Å². The van der Waals surface area contributed by atoms with Crippen molar-refractivity contribution in [1.29, 1.82) is 0 Å². The lowest BCUT2D eigenvalue weighted by molar-refractivity contribution is -0.137. The number of rotatable bonds is 12. The minimum Gasteiger partial charge on any atom is -0.493 e. The lowest BCUT2D eigenvalue weighted by Gasteiger charge is -2.21. The molecule has 1 amide bonds. The molecule has 0 aliphatic heterocycles. The highest BCUT2D eigenvalue weighted by Gasteiger charge is 2.33. The second-order valence-electron chi connectivity index (χ2n) is 7.62. The number of benzene rings is 2. The van der Waals surface area contributed by atoms with Crippen molar-refractivity contribution in [1.82, 2.24) is 4.90 Å². The Hall–Kier alpha value is -2.71. The van der Waals surface area contributed by atoms with Crippen LogP contribution in [0.25, 0.3) is 6.08 Å². The fourth-order valence-corrected chi connectivity index (χ4v) is 3.56. The molecule has 0 unspecified atom stereocenters. The fourth-order valence-electron chi connectivity index (χ4n) is 3.34. The summed E-state index contributed by atoms with van der Waals surface area (Å²) >= 11 is 5.63. The molecule has 2 aromatic carbocycles. The lowest BCUT2D eigenvalue weighted by Crippen LogP contribution is -2.30. The molecule has 0 aliphatic carbocycles. The number of halogens is 4. The lowest BCUT2D eigenvalue weighted by atomic mass is 10.1. The smallest absolute Gasteiger partial charge is 0.417 e. The van der Waals surface area contributed by atoms with Crippen molar-refractivity contribution in [2.24, 2.45) is 0 Å². The van der Waals surface area contributed by atoms with E-state index < -0.39 is 22.7 Å². The van der Waals surface area contributed by atoms with Crippen LogP contribution in [0.5, 0.6) is 11.5 Å². The molecule has 186 valence electrons. The first-order valence-corrected chi connectivity index (χ1v) is 11.4. The number of alkyl halides is 3. The summed E-state index contributed by atoms with van der Waals surface area (Å²) in [7, 11) is 1.53. The number of nitrogens with one attached hydrogen (secondary N) is 1. The molecule has 0 fully saturated rings. The van der Waals surface area contributed by atoms with Gasteiger partial charge in [-0.2, -0.15) is 13.2 Å². The molecule has 0 radical (unpaired) electrons. The Labute approximate surface area is 203 Å². The van der Waals surface area contributed by atoms with Gasteiger partial charge in [-0.3, -0.25) is 9.69 Å². The molecular weight excluding hydrogens is 469 g/mol. The molecule has 2 aromatic rings. The van der Waals surface area contributed by atoms with Crippen molar-refractivity contribution in [2.75, 3.05) is 38.7 Å². The summed E-state index contributed by atoms with van der Waals surface area (Å²) < 4.78 is 50.3. The van der Waals surface area contributed by atoms with Gasteiger partial charge in [0.25, 0.3) is 0 Å². The van der Waals surface area contributed by atoms with E-state index in [1.165, 1.54) is 19.3 Å². The van der Waals surface area contributed by atoms with Crippen LogP contribution in [0.2, 0.25) is 5.02 Å². The fraction of sp³-hybridized carbons (Fsp3) is 0.400. The van der Waals surface area contributed by atoms with Crippen LogP contribution in [0.1, 0.15) is 37.8 Å². The van der Waals surface area contributed by atoms with E-state index >= 15 is 0 Å². The van der Waals surface area contributed by atoms with Crippen LogP contribution in [0, 0.1) is 0 Å². The van der Waals surface area contributed by atoms with Crippen LogP contribution >= 0.6 is 11.6 Å². The van der Waals surface area contributed by atoms with Gasteiger partial charge in [0, 0.05) is 24.4 Å². The number of carbonyl (C=O) groups excluding carboxylic acids is 1. The van der Waals surface area contributed by atoms with Gasteiger partial charge >= 0.3 is 6.18 Å². The first kappa shape index (κ1) is 27.5. The molecule has 34 heavy (non-hydrogen) atoms. The number of carbonyl (C=O) groups is 1. The minimum atomic E-state index is -4.58. The maximum Gasteiger partial charge on any atom is 0.417 e. The molecule has 0 saturated heterocycles. The van der Waals surface area contributed by atoms with Gasteiger partial charge in [0.15, 0.2) is 11.5 Å². The van der Waals surface area contributed by atoms with E-state index in [4.69, 9.17) is 21.1 Å². The van der Waals surface area contributed by atoms with E-state index in [0.29, 0.717) is 23.8 Å². The van der Waals surface area contributed by atoms with Gasteiger partial charge in [-0.25, -0.2) is 0 Å². The zero-order valence-corrected chi connectivity index (χ0v) is 20.3. The Balaban J connectivity index is 2.04. The molecule has 9 heteroatoms.